The Kier molecular flexibility index (Phi) is 4.63. The zero-order chi connectivity index (χ0) is 11.6. The Labute approximate surface area is 94.6 Å². The second-order valence-electron chi connectivity index (χ2n) is 3.35. The predicted molar refractivity (Wildman–Crippen MR) is 52.6 cm³/mol. The summed E-state index contributed by atoms with van der Waals surface area (Å²) in [4.78, 5) is 11.3. The Balaban J connectivity index is 2.78. The lowest BCUT2D eigenvalue weighted by Crippen LogP contribution is -2.60. The first-order valence-corrected chi connectivity index (χ1v) is 5.54. The first-order chi connectivity index (χ1) is 7.02. The lowest BCUT2D eigenvalue weighted by atomic mass is 9.93. The highest BCUT2D eigenvalue weighted by atomic mass is 79.9. The van der Waals surface area contributed by atoms with Crippen molar-refractivity contribution in [3.8, 4) is 0 Å². The molecule has 1 fully saturated rings. The van der Waals surface area contributed by atoms with Crippen LogP contribution in [-0.4, -0.2) is 68.7 Å². The summed E-state index contributed by atoms with van der Waals surface area (Å²) in [5, 5.41) is 37.0. The first-order valence-electron chi connectivity index (χ1n) is 4.42. The number of hydrogen-bond donors (Lipinski definition) is 4. The number of halogens is 1. The molecule has 0 spiro atoms. The van der Waals surface area contributed by atoms with Crippen LogP contribution >= 0.6 is 15.9 Å². The molecule has 7 heteroatoms. The number of rotatable bonds is 3. The van der Waals surface area contributed by atoms with E-state index < -0.39 is 42.9 Å². The van der Waals surface area contributed by atoms with Crippen LogP contribution in [0, 0.1) is 0 Å². The molecular formula is C8H13BrO6. The zero-order valence-corrected chi connectivity index (χ0v) is 9.37. The number of aliphatic hydroxyl groups is 4. The average molecular weight is 285 g/mol. The van der Waals surface area contributed by atoms with Gasteiger partial charge in [-0.2, -0.15) is 0 Å². The van der Waals surface area contributed by atoms with Crippen molar-refractivity contribution in [1.29, 1.82) is 0 Å². The van der Waals surface area contributed by atoms with Crippen molar-refractivity contribution in [3.05, 3.63) is 0 Å². The highest BCUT2D eigenvalue weighted by molar-refractivity contribution is 9.09. The molecule has 6 nitrogen and oxygen atoms in total. The number of alkyl halides is 1. The average Bonchev–Trinajstić information content (AvgIpc) is 2.25. The number of aliphatic hydroxyl groups excluding tert-OH is 4. The number of ether oxygens (including phenoxy) is 1. The maximum Gasteiger partial charge on any atom is 0.174 e. The summed E-state index contributed by atoms with van der Waals surface area (Å²) < 4.78 is 4.99. The van der Waals surface area contributed by atoms with Crippen molar-refractivity contribution in [2.45, 2.75) is 30.5 Å². The first kappa shape index (κ1) is 13.0. The Morgan fingerprint density at radius 1 is 1.20 bits per heavy atom. The predicted octanol–water partition coefficient (Wildman–Crippen LogP) is -2.21. The van der Waals surface area contributed by atoms with Gasteiger partial charge in [0.1, 0.15) is 30.5 Å². The standard InChI is InChI=1S/C8H13BrO6/c9-1-3(11)8-7(14)6(13)5(12)4(2-10)15-8/h4-8,10,12-14H,1-2H2/t4-,5-,6+,7-,8?/m1/s1. The van der Waals surface area contributed by atoms with Crippen molar-refractivity contribution < 1.29 is 30.0 Å². The summed E-state index contributed by atoms with van der Waals surface area (Å²) in [7, 11) is 0. The number of hydrogen-bond acceptors (Lipinski definition) is 6. The van der Waals surface area contributed by atoms with Crippen molar-refractivity contribution in [2.75, 3.05) is 11.9 Å². The van der Waals surface area contributed by atoms with E-state index in [2.05, 4.69) is 15.9 Å². The molecule has 1 aliphatic heterocycles. The maximum absolute atomic E-state index is 11.3. The molecule has 0 saturated carbocycles. The van der Waals surface area contributed by atoms with E-state index >= 15 is 0 Å². The van der Waals surface area contributed by atoms with Crippen LogP contribution < -0.4 is 0 Å². The third-order valence-corrected chi connectivity index (χ3v) is 2.89. The van der Waals surface area contributed by atoms with Gasteiger partial charge >= 0.3 is 0 Å². The number of ketones is 1. The molecule has 88 valence electrons. The van der Waals surface area contributed by atoms with E-state index in [4.69, 9.17) is 9.84 Å². The summed E-state index contributed by atoms with van der Waals surface area (Å²) in [5.41, 5.74) is 0. The normalized spacial score (nSPS) is 41.5. The molecule has 0 aromatic heterocycles. The molecule has 0 aliphatic carbocycles. The molecule has 1 heterocycles. The summed E-state index contributed by atoms with van der Waals surface area (Å²) in [5.74, 6) is -0.452. The summed E-state index contributed by atoms with van der Waals surface area (Å²) >= 11 is 2.91. The quantitative estimate of drug-likeness (QED) is 0.438. The van der Waals surface area contributed by atoms with Crippen LogP contribution in [0.3, 0.4) is 0 Å². The van der Waals surface area contributed by atoms with Gasteiger partial charge in [0.25, 0.3) is 0 Å². The fraction of sp³-hybridized carbons (Fsp3) is 0.875. The van der Waals surface area contributed by atoms with Gasteiger partial charge in [0.05, 0.1) is 11.9 Å². The van der Waals surface area contributed by atoms with Crippen molar-refractivity contribution in [3.63, 3.8) is 0 Å². The minimum absolute atomic E-state index is 0.0321. The van der Waals surface area contributed by atoms with Gasteiger partial charge < -0.3 is 25.2 Å². The van der Waals surface area contributed by atoms with Crippen LogP contribution in [0.25, 0.3) is 0 Å². The van der Waals surface area contributed by atoms with Crippen molar-refractivity contribution in [1.82, 2.24) is 0 Å². The van der Waals surface area contributed by atoms with Crippen molar-refractivity contribution in [2.24, 2.45) is 0 Å². The Hall–Kier alpha value is -0.0500. The maximum atomic E-state index is 11.3. The van der Waals surface area contributed by atoms with Gasteiger partial charge in [-0.15, -0.1) is 0 Å². The summed E-state index contributed by atoms with van der Waals surface area (Å²) in [6.45, 7) is -0.531. The largest absolute Gasteiger partial charge is 0.394 e. The van der Waals surface area contributed by atoms with Gasteiger partial charge in [0, 0.05) is 0 Å². The molecule has 5 atom stereocenters. The van der Waals surface area contributed by atoms with Crippen LogP contribution in [-0.2, 0) is 9.53 Å². The van der Waals surface area contributed by atoms with Gasteiger partial charge in [-0.1, -0.05) is 15.9 Å². The second kappa shape index (κ2) is 5.33. The summed E-state index contributed by atoms with van der Waals surface area (Å²) in [6, 6.07) is 0. The molecule has 1 unspecified atom stereocenters. The third kappa shape index (κ3) is 2.55. The van der Waals surface area contributed by atoms with Crippen molar-refractivity contribution >= 4 is 21.7 Å². The fourth-order valence-electron chi connectivity index (χ4n) is 1.44. The number of carbonyl (C=O) groups is 1. The molecule has 0 amide bonds. The molecule has 4 N–H and O–H groups in total. The van der Waals surface area contributed by atoms with E-state index in [0.29, 0.717) is 0 Å². The van der Waals surface area contributed by atoms with E-state index in [1.54, 1.807) is 0 Å². The highest BCUT2D eigenvalue weighted by Gasteiger charge is 2.45. The fourth-order valence-corrected chi connectivity index (χ4v) is 1.76. The van der Waals surface area contributed by atoms with Crippen LogP contribution in [0.15, 0.2) is 0 Å². The minimum Gasteiger partial charge on any atom is -0.394 e. The van der Waals surface area contributed by atoms with E-state index in [0.717, 1.165) is 0 Å². The van der Waals surface area contributed by atoms with Gasteiger partial charge in [-0.05, 0) is 0 Å². The SMILES string of the molecule is O=C(CBr)C1O[C@H](CO)[C@@H](O)[C@H](O)[C@H]1O. The van der Waals surface area contributed by atoms with E-state index in [1.165, 1.54) is 0 Å². The van der Waals surface area contributed by atoms with Crippen LogP contribution in [0.4, 0.5) is 0 Å². The molecule has 0 aromatic carbocycles. The second-order valence-corrected chi connectivity index (χ2v) is 3.91. The Bertz CT molecular complexity index is 233. The minimum atomic E-state index is -1.50. The molecule has 1 aliphatic rings. The monoisotopic (exact) mass is 284 g/mol. The van der Waals surface area contributed by atoms with Crippen LogP contribution in [0.2, 0.25) is 0 Å². The van der Waals surface area contributed by atoms with Crippen LogP contribution in [0.5, 0.6) is 0 Å². The number of carbonyl (C=O) groups excluding carboxylic acids is 1. The van der Waals surface area contributed by atoms with E-state index in [-0.39, 0.29) is 5.33 Å². The molecule has 1 saturated heterocycles. The zero-order valence-electron chi connectivity index (χ0n) is 7.78. The third-order valence-electron chi connectivity index (χ3n) is 2.34. The number of Topliss-reactive ketones (excluding diaryl/α,β-unsaturated/α-hetero) is 1. The molecule has 0 bridgehead atoms. The van der Waals surface area contributed by atoms with Gasteiger partial charge in [-0.25, -0.2) is 0 Å². The lowest BCUT2D eigenvalue weighted by molar-refractivity contribution is -0.225. The Morgan fingerprint density at radius 2 is 1.80 bits per heavy atom. The molecular weight excluding hydrogens is 272 g/mol. The molecule has 15 heavy (non-hydrogen) atoms. The topological polar surface area (TPSA) is 107 Å². The lowest BCUT2D eigenvalue weighted by Gasteiger charge is -2.39. The van der Waals surface area contributed by atoms with Crippen LogP contribution in [0.1, 0.15) is 0 Å². The Morgan fingerprint density at radius 3 is 2.27 bits per heavy atom. The smallest absolute Gasteiger partial charge is 0.174 e. The summed E-state index contributed by atoms with van der Waals surface area (Å²) in [6.07, 6.45) is -6.66. The van der Waals surface area contributed by atoms with Gasteiger partial charge in [-0.3, -0.25) is 4.79 Å². The van der Waals surface area contributed by atoms with E-state index in [9.17, 15) is 20.1 Å². The molecule has 0 aromatic rings. The van der Waals surface area contributed by atoms with E-state index in [1.807, 2.05) is 0 Å². The van der Waals surface area contributed by atoms with Gasteiger partial charge in [0.15, 0.2) is 5.78 Å². The molecule has 0 radical (unpaired) electrons. The van der Waals surface area contributed by atoms with Gasteiger partial charge in [0.2, 0.25) is 0 Å². The highest BCUT2D eigenvalue weighted by Crippen LogP contribution is 2.22. The molecule has 1 rings (SSSR count).